The van der Waals surface area contributed by atoms with Crippen molar-refractivity contribution in [1.29, 1.82) is 5.26 Å². The van der Waals surface area contributed by atoms with Crippen molar-refractivity contribution in [3.05, 3.63) is 51.7 Å². The van der Waals surface area contributed by atoms with Gasteiger partial charge < -0.3 is 0 Å². The van der Waals surface area contributed by atoms with Gasteiger partial charge in [0.2, 0.25) is 10.0 Å². The van der Waals surface area contributed by atoms with Crippen molar-refractivity contribution in [2.45, 2.75) is 24.8 Å². The Hall–Kier alpha value is -1.68. The second-order valence-corrected chi connectivity index (χ2v) is 7.10. The fraction of sp³-hybridized carbons (Fsp3) is 0.214. The fourth-order valence-electron chi connectivity index (χ4n) is 1.71. The van der Waals surface area contributed by atoms with Gasteiger partial charge in [-0.3, -0.25) is 0 Å². The summed E-state index contributed by atoms with van der Waals surface area (Å²) in [6.45, 7) is 2.25. The number of nitrogens with one attached hydrogen (secondary N) is 1. The minimum atomic E-state index is -3.51. The first-order chi connectivity index (χ1) is 9.53. The summed E-state index contributed by atoms with van der Waals surface area (Å²) in [5.74, 6) is 0. The molecule has 0 saturated carbocycles. The zero-order valence-electron chi connectivity index (χ0n) is 11.0. The maximum absolute atomic E-state index is 12.1. The van der Waals surface area contributed by atoms with Gasteiger partial charge in [-0.2, -0.15) is 5.26 Å². The Kier molecular flexibility index (Phi) is 4.55. The summed E-state index contributed by atoms with van der Waals surface area (Å²) < 4.78 is 26.9. The number of thiophene rings is 1. The average molecular weight is 306 g/mol. The first-order valence-corrected chi connectivity index (χ1v) is 8.38. The summed E-state index contributed by atoms with van der Waals surface area (Å²) in [6.07, 6.45) is 0.280. The largest absolute Gasteiger partial charge is 0.240 e. The summed E-state index contributed by atoms with van der Waals surface area (Å²) in [4.78, 5) is 1.23. The van der Waals surface area contributed by atoms with Crippen LogP contribution in [0, 0.1) is 18.3 Å². The van der Waals surface area contributed by atoms with Crippen molar-refractivity contribution in [3.63, 3.8) is 0 Å². The lowest BCUT2D eigenvalue weighted by Crippen LogP contribution is -2.23. The molecule has 1 heterocycles. The lowest BCUT2D eigenvalue weighted by Gasteiger charge is -2.07. The predicted molar refractivity (Wildman–Crippen MR) is 78.8 cm³/mol. The highest BCUT2D eigenvalue weighted by Crippen LogP contribution is 2.17. The van der Waals surface area contributed by atoms with Crippen LogP contribution in [-0.2, 0) is 23.0 Å². The van der Waals surface area contributed by atoms with Crippen LogP contribution in [-0.4, -0.2) is 8.42 Å². The molecule has 0 aliphatic carbocycles. The average Bonchev–Trinajstić information content (AvgIpc) is 2.83. The van der Waals surface area contributed by atoms with Crippen LogP contribution in [0.4, 0.5) is 0 Å². The molecule has 0 fully saturated rings. The number of sulfonamides is 1. The van der Waals surface area contributed by atoms with Gasteiger partial charge in [-0.1, -0.05) is 12.1 Å². The Morgan fingerprint density at radius 1 is 1.25 bits per heavy atom. The maximum Gasteiger partial charge on any atom is 0.240 e. The van der Waals surface area contributed by atoms with Crippen molar-refractivity contribution in [2.24, 2.45) is 0 Å². The van der Waals surface area contributed by atoms with E-state index in [1.807, 2.05) is 24.4 Å². The molecule has 0 saturated heterocycles. The maximum atomic E-state index is 12.1. The van der Waals surface area contributed by atoms with Gasteiger partial charge in [0.1, 0.15) is 0 Å². The number of nitrogens with zero attached hydrogens (tertiary/aromatic N) is 1. The molecule has 0 aliphatic heterocycles. The Bertz CT molecular complexity index is 725. The zero-order chi connectivity index (χ0) is 14.6. The molecule has 1 aromatic heterocycles. The lowest BCUT2D eigenvalue weighted by molar-refractivity contribution is 0.581. The molecule has 20 heavy (non-hydrogen) atoms. The van der Waals surface area contributed by atoms with E-state index in [9.17, 15) is 8.42 Å². The van der Waals surface area contributed by atoms with E-state index in [1.165, 1.54) is 23.5 Å². The normalized spacial score (nSPS) is 11.2. The van der Waals surface area contributed by atoms with Crippen LogP contribution in [0.1, 0.15) is 16.0 Å². The van der Waals surface area contributed by atoms with Crippen molar-refractivity contribution >= 4 is 21.4 Å². The van der Waals surface area contributed by atoms with E-state index in [1.54, 1.807) is 12.1 Å². The van der Waals surface area contributed by atoms with Gasteiger partial charge in [-0.15, -0.1) is 11.3 Å². The number of benzene rings is 1. The van der Waals surface area contributed by atoms with Gasteiger partial charge in [0.25, 0.3) is 0 Å². The Morgan fingerprint density at radius 3 is 2.50 bits per heavy atom. The zero-order valence-corrected chi connectivity index (χ0v) is 12.6. The van der Waals surface area contributed by atoms with Crippen LogP contribution in [0.15, 0.2) is 40.6 Å². The monoisotopic (exact) mass is 306 g/mol. The predicted octanol–water partition coefficient (Wildman–Crippen LogP) is 2.60. The SMILES string of the molecule is Cc1ccsc1CNS(=O)(=O)c1ccc(CC#N)cc1. The Morgan fingerprint density at radius 2 is 1.95 bits per heavy atom. The van der Waals surface area contributed by atoms with Crippen LogP contribution in [0.2, 0.25) is 0 Å². The van der Waals surface area contributed by atoms with Crippen LogP contribution in [0.3, 0.4) is 0 Å². The summed E-state index contributed by atoms with van der Waals surface area (Å²) in [5, 5.41) is 10.5. The summed E-state index contributed by atoms with van der Waals surface area (Å²) >= 11 is 1.53. The third-order valence-electron chi connectivity index (χ3n) is 2.91. The van der Waals surface area contributed by atoms with Crippen LogP contribution >= 0.6 is 11.3 Å². The summed E-state index contributed by atoms with van der Waals surface area (Å²) in [6, 6.07) is 10.4. The molecule has 0 spiro atoms. The smallest absolute Gasteiger partial charge is 0.207 e. The van der Waals surface area contributed by atoms with E-state index < -0.39 is 10.0 Å². The Balaban J connectivity index is 2.10. The lowest BCUT2D eigenvalue weighted by atomic mass is 10.2. The van der Waals surface area contributed by atoms with E-state index in [2.05, 4.69) is 4.72 Å². The highest BCUT2D eigenvalue weighted by molar-refractivity contribution is 7.89. The first-order valence-electron chi connectivity index (χ1n) is 6.01. The van der Waals surface area contributed by atoms with Gasteiger partial charge in [-0.05, 0) is 41.6 Å². The molecule has 2 rings (SSSR count). The highest BCUT2D eigenvalue weighted by Gasteiger charge is 2.14. The van der Waals surface area contributed by atoms with E-state index in [0.29, 0.717) is 6.54 Å². The third-order valence-corrected chi connectivity index (χ3v) is 5.35. The molecule has 6 heteroatoms. The van der Waals surface area contributed by atoms with Crippen molar-refractivity contribution in [2.75, 3.05) is 0 Å². The molecule has 0 atom stereocenters. The second-order valence-electron chi connectivity index (χ2n) is 4.33. The van der Waals surface area contributed by atoms with Gasteiger partial charge in [-0.25, -0.2) is 13.1 Å². The molecule has 4 nitrogen and oxygen atoms in total. The molecule has 0 aliphatic rings. The number of hydrogen-bond acceptors (Lipinski definition) is 4. The fourth-order valence-corrected chi connectivity index (χ4v) is 3.64. The van der Waals surface area contributed by atoms with Crippen molar-refractivity contribution < 1.29 is 8.42 Å². The molecular formula is C14H14N2O2S2. The number of hydrogen-bond donors (Lipinski definition) is 1. The number of nitriles is 1. The molecule has 2 aromatic rings. The van der Waals surface area contributed by atoms with E-state index in [4.69, 9.17) is 5.26 Å². The van der Waals surface area contributed by atoms with Crippen LogP contribution < -0.4 is 4.72 Å². The van der Waals surface area contributed by atoms with Gasteiger partial charge in [0.05, 0.1) is 17.4 Å². The van der Waals surface area contributed by atoms with Crippen molar-refractivity contribution in [1.82, 2.24) is 4.72 Å². The minimum Gasteiger partial charge on any atom is -0.207 e. The summed E-state index contributed by atoms with van der Waals surface area (Å²) in [7, 11) is -3.51. The van der Waals surface area contributed by atoms with E-state index in [-0.39, 0.29) is 11.3 Å². The first kappa shape index (κ1) is 14.7. The van der Waals surface area contributed by atoms with E-state index in [0.717, 1.165) is 16.0 Å². The Labute approximate surface area is 122 Å². The number of aryl methyl sites for hydroxylation is 1. The molecule has 1 N–H and O–H groups in total. The molecular weight excluding hydrogens is 292 g/mol. The number of rotatable bonds is 5. The quantitative estimate of drug-likeness (QED) is 0.923. The topological polar surface area (TPSA) is 70.0 Å². The van der Waals surface area contributed by atoms with Crippen LogP contribution in [0.25, 0.3) is 0 Å². The summed E-state index contributed by atoms with van der Waals surface area (Å²) in [5.41, 5.74) is 1.89. The van der Waals surface area contributed by atoms with Gasteiger partial charge in [0, 0.05) is 11.4 Å². The standard InChI is InChI=1S/C14H14N2O2S2/c1-11-7-9-19-14(11)10-16-20(17,18)13-4-2-12(3-5-13)6-8-15/h2-5,7,9,16H,6,10H2,1H3. The van der Waals surface area contributed by atoms with Gasteiger partial charge >= 0.3 is 0 Å². The molecule has 0 bridgehead atoms. The van der Waals surface area contributed by atoms with Crippen molar-refractivity contribution in [3.8, 4) is 6.07 Å². The molecule has 1 aromatic carbocycles. The van der Waals surface area contributed by atoms with E-state index >= 15 is 0 Å². The second kappa shape index (κ2) is 6.18. The molecule has 104 valence electrons. The van der Waals surface area contributed by atoms with Gasteiger partial charge in [0.15, 0.2) is 0 Å². The molecule has 0 radical (unpaired) electrons. The minimum absolute atomic E-state index is 0.216. The molecule has 0 unspecified atom stereocenters. The molecule has 0 amide bonds. The third kappa shape index (κ3) is 3.45. The van der Waals surface area contributed by atoms with Crippen LogP contribution in [0.5, 0.6) is 0 Å². The highest BCUT2D eigenvalue weighted by atomic mass is 32.2.